The number of nitrogens with one attached hydrogen (secondary N) is 1. The van der Waals surface area contributed by atoms with Crippen molar-refractivity contribution in [1.29, 1.82) is 0 Å². The van der Waals surface area contributed by atoms with Crippen LogP contribution in [-0.2, 0) is 21.2 Å². The fraction of sp³-hybridized carbons (Fsp3) is 0.174. The Morgan fingerprint density at radius 1 is 0.933 bits per heavy atom. The van der Waals surface area contributed by atoms with Crippen LogP contribution in [0.5, 0.6) is 5.75 Å². The lowest BCUT2D eigenvalue weighted by Gasteiger charge is -2.19. The van der Waals surface area contributed by atoms with Gasteiger partial charge in [-0.15, -0.1) is 0 Å². The molecule has 0 aliphatic carbocycles. The van der Waals surface area contributed by atoms with E-state index in [9.17, 15) is 13.2 Å². The maximum absolute atomic E-state index is 12.7. The Balaban J connectivity index is 1.63. The van der Waals surface area contributed by atoms with Crippen molar-refractivity contribution in [3.05, 3.63) is 84.4 Å². The molecule has 0 heterocycles. The van der Waals surface area contributed by atoms with Gasteiger partial charge in [-0.25, -0.2) is 8.42 Å². The molecule has 0 saturated carbocycles. The van der Waals surface area contributed by atoms with Gasteiger partial charge in [-0.05, 0) is 61.0 Å². The van der Waals surface area contributed by atoms with E-state index in [1.807, 2.05) is 6.92 Å². The van der Waals surface area contributed by atoms with Gasteiger partial charge in [-0.2, -0.15) is 0 Å². The van der Waals surface area contributed by atoms with Gasteiger partial charge in [-0.3, -0.25) is 9.10 Å². The first kappa shape index (κ1) is 21.4. The summed E-state index contributed by atoms with van der Waals surface area (Å²) in [6.45, 7) is 2.50. The Morgan fingerprint density at radius 2 is 1.57 bits per heavy atom. The summed E-state index contributed by atoms with van der Waals surface area (Å²) >= 11 is 0. The van der Waals surface area contributed by atoms with Crippen LogP contribution in [0.4, 0.5) is 11.4 Å². The highest BCUT2D eigenvalue weighted by molar-refractivity contribution is 7.92. The lowest BCUT2D eigenvalue weighted by atomic mass is 10.1. The average molecular weight is 425 g/mol. The smallest absolute Gasteiger partial charge is 0.264 e. The predicted molar refractivity (Wildman–Crippen MR) is 118 cm³/mol. The van der Waals surface area contributed by atoms with Crippen LogP contribution in [0.1, 0.15) is 12.5 Å². The van der Waals surface area contributed by atoms with E-state index in [-0.39, 0.29) is 17.2 Å². The van der Waals surface area contributed by atoms with E-state index in [2.05, 4.69) is 5.32 Å². The van der Waals surface area contributed by atoms with Crippen molar-refractivity contribution in [2.24, 2.45) is 0 Å². The van der Waals surface area contributed by atoms with Gasteiger partial charge in [0.2, 0.25) is 5.91 Å². The number of amides is 1. The first-order valence-electron chi connectivity index (χ1n) is 9.56. The number of sulfonamides is 1. The van der Waals surface area contributed by atoms with E-state index in [1.54, 1.807) is 78.9 Å². The second-order valence-electron chi connectivity index (χ2n) is 6.63. The number of nitrogens with zero attached hydrogens (tertiary/aromatic N) is 1. The summed E-state index contributed by atoms with van der Waals surface area (Å²) in [6.07, 6.45) is 0.183. The monoisotopic (exact) mass is 424 g/mol. The third-order valence-corrected chi connectivity index (χ3v) is 6.32. The second kappa shape index (κ2) is 9.45. The van der Waals surface area contributed by atoms with E-state index in [0.29, 0.717) is 18.0 Å². The van der Waals surface area contributed by atoms with Crippen LogP contribution in [0, 0.1) is 0 Å². The molecule has 0 fully saturated rings. The zero-order valence-corrected chi connectivity index (χ0v) is 17.7. The number of carbonyl (C=O) groups excluding carboxylic acids is 1. The molecule has 3 aromatic rings. The minimum absolute atomic E-state index is 0.155. The SMILES string of the molecule is CCOc1ccc(NC(=O)Cc2ccc(N(C)S(=O)(=O)c3ccccc3)cc2)cc1. The molecule has 156 valence electrons. The van der Waals surface area contributed by atoms with Gasteiger partial charge in [0.05, 0.1) is 23.6 Å². The van der Waals surface area contributed by atoms with E-state index in [0.717, 1.165) is 11.3 Å². The van der Waals surface area contributed by atoms with Crippen LogP contribution in [0.2, 0.25) is 0 Å². The molecular weight excluding hydrogens is 400 g/mol. The molecule has 0 bridgehead atoms. The van der Waals surface area contributed by atoms with Gasteiger partial charge in [0, 0.05) is 12.7 Å². The molecule has 0 atom stereocenters. The minimum atomic E-state index is -3.63. The number of ether oxygens (including phenoxy) is 1. The first-order valence-corrected chi connectivity index (χ1v) is 11.0. The summed E-state index contributed by atoms with van der Waals surface area (Å²) in [5.41, 5.74) is 2.00. The zero-order chi connectivity index (χ0) is 21.6. The third kappa shape index (κ3) is 5.18. The largest absolute Gasteiger partial charge is 0.494 e. The van der Waals surface area contributed by atoms with E-state index >= 15 is 0 Å². The molecular formula is C23H24N2O4S. The molecule has 7 heteroatoms. The molecule has 0 radical (unpaired) electrons. The van der Waals surface area contributed by atoms with Crippen molar-refractivity contribution in [3.8, 4) is 5.75 Å². The number of rotatable bonds is 8. The van der Waals surface area contributed by atoms with Crippen molar-refractivity contribution >= 4 is 27.3 Å². The van der Waals surface area contributed by atoms with Crippen molar-refractivity contribution < 1.29 is 17.9 Å². The van der Waals surface area contributed by atoms with E-state index in [1.165, 1.54) is 11.4 Å². The van der Waals surface area contributed by atoms with Gasteiger partial charge in [0.1, 0.15) is 5.75 Å². The number of benzene rings is 3. The third-order valence-electron chi connectivity index (χ3n) is 4.52. The molecule has 3 rings (SSSR count). The zero-order valence-electron chi connectivity index (χ0n) is 16.9. The summed E-state index contributed by atoms with van der Waals surface area (Å²) in [7, 11) is -2.12. The Bertz CT molecular complexity index is 1080. The maximum atomic E-state index is 12.7. The second-order valence-corrected chi connectivity index (χ2v) is 8.60. The molecule has 0 unspecified atom stereocenters. The van der Waals surface area contributed by atoms with Crippen molar-refractivity contribution in [2.75, 3.05) is 23.3 Å². The fourth-order valence-corrected chi connectivity index (χ4v) is 4.12. The number of anilines is 2. The summed E-state index contributed by atoms with van der Waals surface area (Å²) in [4.78, 5) is 12.5. The van der Waals surface area contributed by atoms with Crippen LogP contribution in [0.25, 0.3) is 0 Å². The van der Waals surface area contributed by atoms with Gasteiger partial charge in [0.25, 0.3) is 10.0 Å². The molecule has 0 aliphatic heterocycles. The lowest BCUT2D eigenvalue weighted by molar-refractivity contribution is -0.115. The standard InChI is InChI=1S/C23H24N2O4S/c1-3-29-21-15-11-19(12-16-21)24-23(26)17-18-9-13-20(14-10-18)25(2)30(27,28)22-7-5-4-6-8-22/h4-16H,3,17H2,1-2H3,(H,24,26). The molecule has 0 aromatic heterocycles. The highest BCUT2D eigenvalue weighted by atomic mass is 32.2. The molecule has 30 heavy (non-hydrogen) atoms. The Kier molecular flexibility index (Phi) is 6.74. The van der Waals surface area contributed by atoms with Gasteiger partial charge < -0.3 is 10.1 Å². The summed E-state index contributed by atoms with van der Waals surface area (Å²) in [6, 6.07) is 22.3. The fourth-order valence-electron chi connectivity index (χ4n) is 2.90. The van der Waals surface area contributed by atoms with Crippen LogP contribution >= 0.6 is 0 Å². The van der Waals surface area contributed by atoms with Crippen LogP contribution in [0.3, 0.4) is 0 Å². The van der Waals surface area contributed by atoms with Crippen molar-refractivity contribution in [3.63, 3.8) is 0 Å². The number of hydrogen-bond acceptors (Lipinski definition) is 4. The Morgan fingerprint density at radius 3 is 2.17 bits per heavy atom. The summed E-state index contributed by atoms with van der Waals surface area (Å²) in [5.74, 6) is 0.595. The highest BCUT2D eigenvalue weighted by Gasteiger charge is 2.20. The molecule has 1 N–H and O–H groups in total. The van der Waals surface area contributed by atoms with Crippen molar-refractivity contribution in [1.82, 2.24) is 0 Å². The van der Waals surface area contributed by atoms with Gasteiger partial charge in [-0.1, -0.05) is 30.3 Å². The quantitative estimate of drug-likeness (QED) is 0.591. The number of hydrogen-bond donors (Lipinski definition) is 1. The molecule has 0 saturated heterocycles. The highest BCUT2D eigenvalue weighted by Crippen LogP contribution is 2.22. The van der Waals surface area contributed by atoms with Gasteiger partial charge >= 0.3 is 0 Å². The van der Waals surface area contributed by atoms with Gasteiger partial charge in [0.15, 0.2) is 0 Å². The first-order chi connectivity index (χ1) is 14.4. The van der Waals surface area contributed by atoms with Crippen molar-refractivity contribution in [2.45, 2.75) is 18.2 Å². The van der Waals surface area contributed by atoms with E-state index in [4.69, 9.17) is 4.74 Å². The van der Waals surface area contributed by atoms with Crippen LogP contribution < -0.4 is 14.4 Å². The minimum Gasteiger partial charge on any atom is -0.494 e. The lowest BCUT2D eigenvalue weighted by Crippen LogP contribution is -2.26. The molecule has 6 nitrogen and oxygen atoms in total. The molecule has 0 aliphatic rings. The number of carbonyl (C=O) groups is 1. The summed E-state index contributed by atoms with van der Waals surface area (Å²) < 4.78 is 32.0. The Labute approximate surface area is 177 Å². The van der Waals surface area contributed by atoms with E-state index < -0.39 is 10.0 Å². The van der Waals surface area contributed by atoms with Crippen LogP contribution in [-0.4, -0.2) is 28.0 Å². The molecule has 3 aromatic carbocycles. The summed E-state index contributed by atoms with van der Waals surface area (Å²) in [5, 5.41) is 2.84. The van der Waals surface area contributed by atoms with Crippen LogP contribution in [0.15, 0.2) is 83.8 Å². The predicted octanol–water partition coefficient (Wildman–Crippen LogP) is 4.09. The maximum Gasteiger partial charge on any atom is 0.264 e. The average Bonchev–Trinajstić information content (AvgIpc) is 2.76. The molecule has 1 amide bonds. The Hall–Kier alpha value is -3.32. The normalized spacial score (nSPS) is 11.0. The molecule has 0 spiro atoms. The topological polar surface area (TPSA) is 75.7 Å².